The van der Waals surface area contributed by atoms with Crippen LogP contribution in [0.1, 0.15) is 24.1 Å². The molecule has 0 radical (unpaired) electrons. The van der Waals surface area contributed by atoms with Crippen molar-refractivity contribution in [1.82, 2.24) is 9.78 Å². The van der Waals surface area contributed by atoms with Crippen LogP contribution in [0.3, 0.4) is 0 Å². The van der Waals surface area contributed by atoms with Crippen molar-refractivity contribution in [2.24, 2.45) is 13.0 Å². The van der Waals surface area contributed by atoms with E-state index in [9.17, 15) is 0 Å². The van der Waals surface area contributed by atoms with Crippen molar-refractivity contribution in [3.63, 3.8) is 0 Å². The summed E-state index contributed by atoms with van der Waals surface area (Å²) in [6, 6.07) is 0. The van der Waals surface area contributed by atoms with Crippen LogP contribution in [-0.4, -0.2) is 9.78 Å². The largest absolute Gasteiger partial charge is 0.275 e. The maximum absolute atomic E-state index is 4.45. The van der Waals surface area contributed by atoms with Crippen molar-refractivity contribution in [2.45, 2.75) is 24.6 Å². The molecule has 3 heteroatoms. The quantitative estimate of drug-likeness (QED) is 0.727. The number of hydrogen-bond donors (Lipinski definition) is 0. The first-order valence-corrected chi connectivity index (χ1v) is 5.49. The molecule has 0 amide bonds. The molecular weight excluding hydrogens is 216 g/mol. The van der Waals surface area contributed by atoms with Gasteiger partial charge in [0.2, 0.25) is 0 Å². The Bertz CT molecular complexity index is 276. The zero-order valence-electron chi connectivity index (χ0n) is 7.26. The van der Waals surface area contributed by atoms with E-state index in [2.05, 4.69) is 27.2 Å². The van der Waals surface area contributed by atoms with Crippen molar-refractivity contribution in [2.75, 3.05) is 0 Å². The Kier molecular flexibility index (Phi) is 2.22. The fourth-order valence-corrected chi connectivity index (χ4v) is 1.93. The molecule has 1 aliphatic rings. The third-order valence-corrected chi connectivity index (χ3v) is 2.92. The summed E-state index contributed by atoms with van der Waals surface area (Å²) in [5.74, 6) is 0.928. The van der Waals surface area contributed by atoms with Gasteiger partial charge in [0.15, 0.2) is 0 Å². The predicted octanol–water partition coefficient (Wildman–Crippen LogP) is 2.27. The van der Waals surface area contributed by atoms with Crippen LogP contribution in [-0.2, 0) is 18.8 Å². The lowest BCUT2D eigenvalue weighted by atomic mass is 10.1. The molecule has 1 heterocycles. The minimum Gasteiger partial charge on any atom is -0.275 e. The van der Waals surface area contributed by atoms with Crippen molar-refractivity contribution < 1.29 is 0 Å². The van der Waals surface area contributed by atoms with Gasteiger partial charge in [0.05, 0.1) is 5.69 Å². The predicted molar refractivity (Wildman–Crippen MR) is 52.3 cm³/mol. The second kappa shape index (κ2) is 3.21. The zero-order valence-corrected chi connectivity index (χ0v) is 8.84. The van der Waals surface area contributed by atoms with Gasteiger partial charge >= 0.3 is 0 Å². The van der Waals surface area contributed by atoms with Gasteiger partial charge in [0, 0.05) is 24.1 Å². The topological polar surface area (TPSA) is 17.8 Å². The van der Waals surface area contributed by atoms with Crippen LogP contribution in [0, 0.1) is 5.92 Å². The Morgan fingerprint density at radius 3 is 3.00 bits per heavy atom. The van der Waals surface area contributed by atoms with Crippen molar-refractivity contribution in [1.29, 1.82) is 0 Å². The lowest BCUT2D eigenvalue weighted by Gasteiger charge is -1.95. The van der Waals surface area contributed by atoms with Gasteiger partial charge in [-0.15, -0.1) is 0 Å². The highest BCUT2D eigenvalue weighted by Gasteiger charge is 2.23. The highest BCUT2D eigenvalue weighted by atomic mass is 79.9. The van der Waals surface area contributed by atoms with Crippen LogP contribution in [0.5, 0.6) is 0 Å². The average Bonchev–Trinajstić information content (AvgIpc) is 2.76. The Morgan fingerprint density at radius 1 is 1.67 bits per heavy atom. The third kappa shape index (κ3) is 1.71. The standard InChI is InChI=1S/C9H13BrN2/c1-12-6-8(5-10)9(11-12)4-7-2-3-7/h6-7H,2-5H2,1H3. The molecule has 1 fully saturated rings. The van der Waals surface area contributed by atoms with Gasteiger partial charge < -0.3 is 0 Å². The molecule has 2 rings (SSSR count). The molecule has 12 heavy (non-hydrogen) atoms. The second-order valence-electron chi connectivity index (χ2n) is 3.56. The normalized spacial score (nSPS) is 16.8. The molecule has 0 atom stereocenters. The molecule has 1 saturated carbocycles. The summed E-state index contributed by atoms with van der Waals surface area (Å²) < 4.78 is 1.91. The van der Waals surface area contributed by atoms with Crippen LogP contribution in [0.2, 0.25) is 0 Å². The van der Waals surface area contributed by atoms with Crippen LogP contribution in [0.25, 0.3) is 0 Å². The average molecular weight is 229 g/mol. The van der Waals surface area contributed by atoms with Crippen LogP contribution in [0.4, 0.5) is 0 Å². The number of halogens is 1. The first-order chi connectivity index (χ1) is 5.79. The molecule has 0 unspecified atom stereocenters. The van der Waals surface area contributed by atoms with Gasteiger partial charge in [-0.1, -0.05) is 15.9 Å². The van der Waals surface area contributed by atoms with E-state index in [1.165, 1.54) is 30.5 Å². The highest BCUT2D eigenvalue weighted by molar-refractivity contribution is 9.08. The first kappa shape index (κ1) is 8.30. The molecule has 1 aromatic rings. The van der Waals surface area contributed by atoms with Crippen molar-refractivity contribution in [3.8, 4) is 0 Å². The third-order valence-electron chi connectivity index (χ3n) is 2.31. The molecule has 0 aromatic carbocycles. The SMILES string of the molecule is Cn1cc(CBr)c(CC2CC2)n1. The monoisotopic (exact) mass is 228 g/mol. The van der Waals surface area contributed by atoms with Crippen molar-refractivity contribution >= 4 is 15.9 Å². The molecule has 0 spiro atoms. The second-order valence-corrected chi connectivity index (χ2v) is 4.12. The highest BCUT2D eigenvalue weighted by Crippen LogP contribution is 2.33. The number of aryl methyl sites for hydroxylation is 1. The molecule has 0 aliphatic heterocycles. The van der Waals surface area contributed by atoms with Gasteiger partial charge in [-0.2, -0.15) is 5.10 Å². The number of hydrogen-bond acceptors (Lipinski definition) is 1. The molecule has 1 aromatic heterocycles. The maximum Gasteiger partial charge on any atom is 0.0667 e. The van der Waals surface area contributed by atoms with Crippen LogP contribution in [0.15, 0.2) is 6.20 Å². The number of alkyl halides is 1. The van der Waals surface area contributed by atoms with E-state index < -0.39 is 0 Å². The first-order valence-electron chi connectivity index (χ1n) is 4.37. The van der Waals surface area contributed by atoms with E-state index >= 15 is 0 Å². The fourth-order valence-electron chi connectivity index (χ4n) is 1.46. The van der Waals surface area contributed by atoms with Gasteiger partial charge in [-0.05, 0) is 25.2 Å². The number of rotatable bonds is 3. The van der Waals surface area contributed by atoms with Crippen LogP contribution >= 0.6 is 15.9 Å². The zero-order chi connectivity index (χ0) is 8.55. The summed E-state index contributed by atoms with van der Waals surface area (Å²) >= 11 is 3.48. The number of aromatic nitrogens is 2. The summed E-state index contributed by atoms with van der Waals surface area (Å²) in [6.07, 6.45) is 6.09. The summed E-state index contributed by atoms with van der Waals surface area (Å²) in [5, 5.41) is 5.38. The minimum absolute atomic E-state index is 0.928. The molecule has 2 nitrogen and oxygen atoms in total. The van der Waals surface area contributed by atoms with E-state index in [-0.39, 0.29) is 0 Å². The molecule has 0 saturated heterocycles. The molecule has 0 bridgehead atoms. The molecular formula is C9H13BrN2. The van der Waals surface area contributed by atoms with Gasteiger partial charge in [0.1, 0.15) is 0 Å². The lowest BCUT2D eigenvalue weighted by molar-refractivity contribution is 0.716. The van der Waals surface area contributed by atoms with Crippen LogP contribution < -0.4 is 0 Å². The molecule has 0 N–H and O–H groups in total. The van der Waals surface area contributed by atoms with Gasteiger partial charge in [-0.25, -0.2) is 0 Å². The Labute approximate surface area is 81.1 Å². The van der Waals surface area contributed by atoms with E-state index in [1.54, 1.807) is 0 Å². The fraction of sp³-hybridized carbons (Fsp3) is 0.667. The lowest BCUT2D eigenvalue weighted by Crippen LogP contribution is -1.93. The summed E-state index contributed by atoms with van der Waals surface area (Å²) in [7, 11) is 1.99. The van der Waals surface area contributed by atoms with Gasteiger partial charge in [0.25, 0.3) is 0 Å². The Morgan fingerprint density at radius 2 is 2.42 bits per heavy atom. The Balaban J connectivity index is 2.15. The Hall–Kier alpha value is -0.310. The van der Waals surface area contributed by atoms with E-state index in [1.807, 2.05) is 11.7 Å². The van der Waals surface area contributed by atoms with Crippen molar-refractivity contribution in [3.05, 3.63) is 17.5 Å². The molecule has 66 valence electrons. The van der Waals surface area contributed by atoms with E-state index in [0.29, 0.717) is 0 Å². The molecule has 1 aliphatic carbocycles. The number of nitrogens with zero attached hydrogens (tertiary/aromatic N) is 2. The summed E-state index contributed by atoms with van der Waals surface area (Å²) in [4.78, 5) is 0. The maximum atomic E-state index is 4.45. The summed E-state index contributed by atoms with van der Waals surface area (Å²) in [6.45, 7) is 0. The van der Waals surface area contributed by atoms with E-state index in [0.717, 1.165) is 11.2 Å². The smallest absolute Gasteiger partial charge is 0.0667 e. The minimum atomic E-state index is 0.928. The van der Waals surface area contributed by atoms with Gasteiger partial charge in [-0.3, -0.25) is 4.68 Å². The van der Waals surface area contributed by atoms with E-state index in [4.69, 9.17) is 0 Å². The summed E-state index contributed by atoms with van der Waals surface area (Å²) in [5.41, 5.74) is 2.64.